The first kappa shape index (κ1) is 17.3. The second-order valence-corrected chi connectivity index (χ2v) is 7.57. The summed E-state index contributed by atoms with van der Waals surface area (Å²) in [6.45, 7) is 1.82. The van der Waals surface area contributed by atoms with E-state index < -0.39 is 0 Å². The summed E-state index contributed by atoms with van der Waals surface area (Å²) in [6.07, 6.45) is 1.06. The molecule has 3 nitrogen and oxygen atoms in total. The Kier molecular flexibility index (Phi) is 4.49. The largest absolute Gasteiger partial charge is 0.380 e. The van der Waals surface area contributed by atoms with Gasteiger partial charge in [0.15, 0.2) is 7.98 Å². The first-order chi connectivity index (χ1) is 13.8. The van der Waals surface area contributed by atoms with E-state index in [2.05, 4.69) is 72.0 Å². The average Bonchev–Trinajstić information content (AvgIpc) is 3.12. The van der Waals surface area contributed by atoms with Gasteiger partial charge in [0.2, 0.25) is 0 Å². The molecule has 136 valence electrons. The number of para-hydroxylation sites is 1. The minimum atomic E-state index is 0.431. The van der Waals surface area contributed by atoms with E-state index in [-0.39, 0.29) is 0 Å². The van der Waals surface area contributed by atoms with E-state index in [0.717, 1.165) is 47.7 Å². The standard InChI is InChI=1S/C24H22BN3/c25-28-15-14-21-20(16-28)19-12-7-13-22(24(19)26-21)27-23(17-8-3-1-4-9-17)18-10-5-2-6-11-18/h1-13,20-21,26H,14-16H2/t20-,21-/m0/s1. The van der Waals surface area contributed by atoms with Crippen LogP contribution >= 0.6 is 0 Å². The Bertz CT molecular complexity index is 959. The van der Waals surface area contributed by atoms with Gasteiger partial charge in [0.25, 0.3) is 0 Å². The van der Waals surface area contributed by atoms with Gasteiger partial charge in [0.1, 0.15) is 0 Å². The topological polar surface area (TPSA) is 27.6 Å². The third-order valence-corrected chi connectivity index (χ3v) is 5.77. The number of hydrogen-bond donors (Lipinski definition) is 1. The van der Waals surface area contributed by atoms with Crippen LogP contribution in [0.1, 0.15) is 29.0 Å². The predicted molar refractivity (Wildman–Crippen MR) is 117 cm³/mol. The highest BCUT2D eigenvalue weighted by atomic mass is 15.1. The summed E-state index contributed by atoms with van der Waals surface area (Å²) in [5.41, 5.74) is 6.73. The molecule has 4 heteroatoms. The molecule has 0 unspecified atom stereocenters. The molecule has 1 N–H and O–H groups in total. The van der Waals surface area contributed by atoms with Gasteiger partial charge >= 0.3 is 0 Å². The summed E-state index contributed by atoms with van der Waals surface area (Å²) in [7, 11) is 6.10. The van der Waals surface area contributed by atoms with E-state index in [1.165, 1.54) is 5.56 Å². The van der Waals surface area contributed by atoms with Crippen LogP contribution in [-0.2, 0) is 0 Å². The van der Waals surface area contributed by atoms with Gasteiger partial charge in [-0.3, -0.25) is 0 Å². The molecule has 28 heavy (non-hydrogen) atoms. The van der Waals surface area contributed by atoms with Crippen LogP contribution in [0.25, 0.3) is 0 Å². The van der Waals surface area contributed by atoms with Crippen molar-refractivity contribution in [2.45, 2.75) is 18.4 Å². The highest BCUT2D eigenvalue weighted by Gasteiger charge is 2.36. The van der Waals surface area contributed by atoms with Crippen LogP contribution < -0.4 is 5.32 Å². The quantitative estimate of drug-likeness (QED) is 0.547. The number of nitrogens with zero attached hydrogens (tertiary/aromatic N) is 2. The molecule has 3 aromatic carbocycles. The lowest BCUT2D eigenvalue weighted by atomic mass is 9.88. The van der Waals surface area contributed by atoms with Gasteiger partial charge in [0.05, 0.1) is 17.1 Å². The van der Waals surface area contributed by atoms with Crippen LogP contribution in [0.5, 0.6) is 0 Å². The van der Waals surface area contributed by atoms with Crippen LogP contribution in [-0.4, -0.2) is 37.6 Å². The molecule has 2 radical (unpaired) electrons. The van der Waals surface area contributed by atoms with Crippen molar-refractivity contribution < 1.29 is 0 Å². The van der Waals surface area contributed by atoms with Gasteiger partial charge in [-0.25, -0.2) is 4.99 Å². The second kappa shape index (κ2) is 7.29. The number of aliphatic imine (C=N–C) groups is 1. The van der Waals surface area contributed by atoms with Crippen LogP contribution in [0.3, 0.4) is 0 Å². The minimum absolute atomic E-state index is 0.431. The molecule has 0 saturated carbocycles. The zero-order chi connectivity index (χ0) is 18.9. The fourth-order valence-corrected chi connectivity index (χ4v) is 4.38. The van der Waals surface area contributed by atoms with E-state index in [1.807, 2.05) is 16.9 Å². The van der Waals surface area contributed by atoms with Gasteiger partial charge < -0.3 is 10.1 Å². The van der Waals surface area contributed by atoms with Crippen molar-refractivity contribution in [1.29, 1.82) is 0 Å². The first-order valence-electron chi connectivity index (χ1n) is 9.88. The maximum Gasteiger partial charge on any atom is 0.182 e. The highest BCUT2D eigenvalue weighted by Crippen LogP contribution is 2.44. The van der Waals surface area contributed by atoms with E-state index in [1.54, 1.807) is 0 Å². The van der Waals surface area contributed by atoms with Gasteiger partial charge in [-0.15, -0.1) is 0 Å². The summed E-state index contributed by atoms with van der Waals surface area (Å²) in [5.74, 6) is 0.431. The third-order valence-electron chi connectivity index (χ3n) is 5.77. The highest BCUT2D eigenvalue weighted by molar-refractivity contribution is 6.14. The number of benzene rings is 3. The number of hydrogen-bond acceptors (Lipinski definition) is 3. The zero-order valence-corrected chi connectivity index (χ0v) is 15.8. The third kappa shape index (κ3) is 3.14. The molecule has 1 saturated heterocycles. The maximum absolute atomic E-state index is 6.10. The van der Waals surface area contributed by atoms with Crippen molar-refractivity contribution in [2.24, 2.45) is 4.99 Å². The Morgan fingerprint density at radius 1 is 0.893 bits per heavy atom. The van der Waals surface area contributed by atoms with Gasteiger partial charge in [-0.05, 0) is 31.1 Å². The summed E-state index contributed by atoms with van der Waals surface area (Å²) in [5, 5.41) is 3.74. The summed E-state index contributed by atoms with van der Waals surface area (Å²) in [6, 6.07) is 27.7. The molecule has 0 spiro atoms. The monoisotopic (exact) mass is 363 g/mol. The second-order valence-electron chi connectivity index (χ2n) is 7.57. The molecule has 0 amide bonds. The van der Waals surface area contributed by atoms with Gasteiger partial charge in [-0.1, -0.05) is 72.8 Å². The Morgan fingerprint density at radius 2 is 1.57 bits per heavy atom. The van der Waals surface area contributed by atoms with Gasteiger partial charge in [0, 0.05) is 23.1 Å². The van der Waals surface area contributed by atoms with Gasteiger partial charge in [-0.2, -0.15) is 0 Å². The van der Waals surface area contributed by atoms with Crippen molar-refractivity contribution in [3.8, 4) is 0 Å². The Hall–Kier alpha value is -2.85. The molecular weight excluding hydrogens is 341 g/mol. The molecule has 3 aromatic rings. The first-order valence-corrected chi connectivity index (χ1v) is 9.88. The molecule has 0 aromatic heterocycles. The average molecular weight is 363 g/mol. The Balaban J connectivity index is 1.62. The lowest BCUT2D eigenvalue weighted by molar-refractivity contribution is 0.319. The molecule has 2 heterocycles. The number of anilines is 1. The van der Waals surface area contributed by atoms with Crippen LogP contribution in [0, 0.1) is 0 Å². The minimum Gasteiger partial charge on any atom is -0.380 e. The van der Waals surface area contributed by atoms with Crippen LogP contribution in [0.2, 0.25) is 0 Å². The number of piperidine rings is 1. The van der Waals surface area contributed by atoms with Crippen molar-refractivity contribution >= 4 is 25.1 Å². The maximum atomic E-state index is 6.10. The molecule has 2 atom stereocenters. The summed E-state index contributed by atoms with van der Waals surface area (Å²) in [4.78, 5) is 7.09. The lowest BCUT2D eigenvalue weighted by Gasteiger charge is -2.33. The Labute approximate surface area is 167 Å². The zero-order valence-electron chi connectivity index (χ0n) is 15.8. The SMILES string of the molecule is [B]N1CC[C@@H]2Nc3c(N=C(c4ccccc4)c4ccccc4)cccc3[C@@H]2C1. The van der Waals surface area contributed by atoms with Crippen molar-refractivity contribution in [1.82, 2.24) is 4.81 Å². The number of nitrogens with one attached hydrogen (secondary N) is 1. The van der Waals surface area contributed by atoms with E-state index >= 15 is 0 Å². The Morgan fingerprint density at radius 3 is 2.25 bits per heavy atom. The molecule has 1 fully saturated rings. The molecular formula is C24H22BN3. The summed E-state index contributed by atoms with van der Waals surface area (Å²) >= 11 is 0. The lowest BCUT2D eigenvalue weighted by Crippen LogP contribution is -2.40. The van der Waals surface area contributed by atoms with Crippen LogP contribution in [0.15, 0.2) is 83.9 Å². The normalized spacial score (nSPS) is 20.7. The smallest absolute Gasteiger partial charge is 0.182 e. The fourth-order valence-electron chi connectivity index (χ4n) is 4.38. The van der Waals surface area contributed by atoms with E-state index in [4.69, 9.17) is 13.0 Å². The summed E-state index contributed by atoms with van der Waals surface area (Å²) < 4.78 is 0. The molecule has 0 bridgehead atoms. The predicted octanol–water partition coefficient (Wildman–Crippen LogP) is 4.52. The van der Waals surface area contributed by atoms with E-state index in [9.17, 15) is 0 Å². The van der Waals surface area contributed by atoms with Crippen molar-refractivity contribution in [3.63, 3.8) is 0 Å². The molecule has 5 rings (SSSR count). The molecule has 0 aliphatic carbocycles. The fraction of sp³-hybridized carbons (Fsp3) is 0.208. The van der Waals surface area contributed by atoms with Crippen molar-refractivity contribution in [2.75, 3.05) is 18.4 Å². The van der Waals surface area contributed by atoms with E-state index in [0.29, 0.717) is 12.0 Å². The van der Waals surface area contributed by atoms with Crippen LogP contribution in [0.4, 0.5) is 11.4 Å². The number of rotatable bonds is 3. The molecule has 2 aliphatic rings. The molecule has 2 aliphatic heterocycles. The van der Waals surface area contributed by atoms with Crippen molar-refractivity contribution in [3.05, 3.63) is 95.6 Å². The number of fused-ring (bicyclic) bond motifs is 3.